The summed E-state index contributed by atoms with van der Waals surface area (Å²) < 4.78 is 2.73. The fourth-order valence-electron chi connectivity index (χ4n) is 4.09. The molecule has 1 fully saturated rings. The first-order chi connectivity index (χ1) is 14.4. The number of nitrogens with zero attached hydrogens (tertiary/aromatic N) is 3. The van der Waals surface area contributed by atoms with E-state index in [4.69, 9.17) is 0 Å². The molecule has 0 unspecified atom stereocenters. The van der Waals surface area contributed by atoms with Crippen LogP contribution in [0.15, 0.2) is 46.0 Å². The molecule has 7 nitrogen and oxygen atoms in total. The van der Waals surface area contributed by atoms with E-state index < -0.39 is 11.1 Å². The Hall–Kier alpha value is -3.35. The molecule has 0 saturated carbocycles. The van der Waals surface area contributed by atoms with E-state index in [2.05, 4.69) is 10.2 Å². The summed E-state index contributed by atoms with van der Waals surface area (Å²) in [7, 11) is 3.19. The standard InChI is InChI=1S/C23H26N4O3/c1-15-8-7-9-16(12-15)21(28)24-17-13-19-20(26(3)23(30)22(29)25(19)2)14-18(17)27-10-5-4-6-11-27/h7-9,12-14H,4-6,10-11H2,1-3H3,(H,24,28). The Labute approximate surface area is 174 Å². The zero-order valence-electron chi connectivity index (χ0n) is 17.6. The summed E-state index contributed by atoms with van der Waals surface area (Å²) in [4.78, 5) is 39.8. The number of carbonyl (C=O) groups is 1. The minimum absolute atomic E-state index is 0.203. The van der Waals surface area contributed by atoms with Crippen LogP contribution in [0.4, 0.5) is 11.4 Å². The van der Waals surface area contributed by atoms with E-state index in [-0.39, 0.29) is 5.91 Å². The first-order valence-electron chi connectivity index (χ1n) is 10.2. The van der Waals surface area contributed by atoms with Crippen LogP contribution in [0.25, 0.3) is 11.0 Å². The highest BCUT2D eigenvalue weighted by molar-refractivity contribution is 6.07. The van der Waals surface area contributed by atoms with Gasteiger partial charge in [0.05, 0.1) is 22.4 Å². The molecule has 1 aliphatic rings. The zero-order valence-corrected chi connectivity index (χ0v) is 17.6. The molecular formula is C23H26N4O3. The molecule has 4 rings (SSSR count). The summed E-state index contributed by atoms with van der Waals surface area (Å²) in [5.74, 6) is -0.203. The molecule has 1 aliphatic heterocycles. The molecule has 1 amide bonds. The molecule has 0 aliphatic carbocycles. The lowest BCUT2D eigenvalue weighted by atomic mass is 10.1. The van der Waals surface area contributed by atoms with Gasteiger partial charge in [0.1, 0.15) is 0 Å². The van der Waals surface area contributed by atoms with Crippen LogP contribution in [-0.2, 0) is 14.1 Å². The quantitative estimate of drug-likeness (QED) is 0.679. The second-order valence-electron chi connectivity index (χ2n) is 7.96. The maximum Gasteiger partial charge on any atom is 0.316 e. The molecule has 0 bridgehead atoms. The number of benzene rings is 2. The van der Waals surface area contributed by atoms with Crippen molar-refractivity contribution in [2.45, 2.75) is 26.2 Å². The topological polar surface area (TPSA) is 76.3 Å². The Bertz CT molecular complexity index is 1250. The average molecular weight is 406 g/mol. The molecule has 0 atom stereocenters. The molecule has 1 N–H and O–H groups in total. The Balaban J connectivity index is 1.88. The third-order valence-electron chi connectivity index (χ3n) is 5.83. The Morgan fingerprint density at radius 1 is 0.900 bits per heavy atom. The number of amides is 1. The minimum Gasteiger partial charge on any atom is -0.370 e. The van der Waals surface area contributed by atoms with Crippen LogP contribution in [0.3, 0.4) is 0 Å². The van der Waals surface area contributed by atoms with Gasteiger partial charge >= 0.3 is 11.1 Å². The number of hydrogen-bond donors (Lipinski definition) is 1. The highest BCUT2D eigenvalue weighted by Gasteiger charge is 2.20. The second kappa shape index (κ2) is 7.82. The molecule has 156 valence electrons. The highest BCUT2D eigenvalue weighted by atomic mass is 16.2. The number of nitrogens with one attached hydrogen (secondary N) is 1. The van der Waals surface area contributed by atoms with Crippen molar-refractivity contribution in [1.29, 1.82) is 0 Å². The van der Waals surface area contributed by atoms with E-state index in [1.165, 1.54) is 15.6 Å². The predicted molar refractivity (Wildman–Crippen MR) is 120 cm³/mol. The maximum absolute atomic E-state index is 13.0. The van der Waals surface area contributed by atoms with E-state index >= 15 is 0 Å². The van der Waals surface area contributed by atoms with Gasteiger partial charge in [-0.3, -0.25) is 14.4 Å². The molecule has 2 heterocycles. The largest absolute Gasteiger partial charge is 0.370 e. The van der Waals surface area contributed by atoms with Gasteiger partial charge in [-0.15, -0.1) is 0 Å². The average Bonchev–Trinajstić information content (AvgIpc) is 2.76. The monoisotopic (exact) mass is 406 g/mol. The van der Waals surface area contributed by atoms with Gasteiger partial charge in [-0.2, -0.15) is 0 Å². The molecule has 7 heteroatoms. The molecule has 1 saturated heterocycles. The molecule has 0 radical (unpaired) electrons. The molecular weight excluding hydrogens is 380 g/mol. The van der Waals surface area contributed by atoms with Crippen LogP contribution in [0.5, 0.6) is 0 Å². The van der Waals surface area contributed by atoms with Crippen LogP contribution >= 0.6 is 0 Å². The molecule has 0 spiro atoms. The summed E-state index contributed by atoms with van der Waals surface area (Å²) in [6, 6.07) is 11.1. The van der Waals surface area contributed by atoms with Crippen LogP contribution in [-0.4, -0.2) is 28.1 Å². The summed E-state index contributed by atoms with van der Waals surface area (Å²) in [6.07, 6.45) is 3.34. The number of fused-ring (bicyclic) bond motifs is 1. The van der Waals surface area contributed by atoms with Crippen LogP contribution in [0.1, 0.15) is 35.2 Å². The van der Waals surface area contributed by atoms with Gasteiger partial charge in [0.15, 0.2) is 0 Å². The minimum atomic E-state index is -0.591. The van der Waals surface area contributed by atoms with Crippen LogP contribution in [0.2, 0.25) is 0 Å². The Morgan fingerprint density at radius 3 is 2.17 bits per heavy atom. The van der Waals surface area contributed by atoms with Crippen molar-refractivity contribution >= 4 is 28.3 Å². The fraction of sp³-hybridized carbons (Fsp3) is 0.348. The number of aryl methyl sites for hydroxylation is 3. The van der Waals surface area contributed by atoms with Crippen molar-refractivity contribution in [3.05, 3.63) is 68.2 Å². The first-order valence-corrected chi connectivity index (χ1v) is 10.2. The Kier molecular flexibility index (Phi) is 5.20. The third-order valence-corrected chi connectivity index (χ3v) is 5.83. The van der Waals surface area contributed by atoms with E-state index in [0.29, 0.717) is 22.3 Å². The molecule has 30 heavy (non-hydrogen) atoms. The summed E-state index contributed by atoms with van der Waals surface area (Å²) in [5.41, 5.74) is 3.21. The van der Waals surface area contributed by atoms with Crippen molar-refractivity contribution in [1.82, 2.24) is 9.13 Å². The second-order valence-corrected chi connectivity index (χ2v) is 7.96. The smallest absolute Gasteiger partial charge is 0.316 e. The van der Waals surface area contributed by atoms with Gasteiger partial charge in [-0.25, -0.2) is 0 Å². The normalized spacial score (nSPS) is 14.2. The number of piperidine rings is 1. The number of carbonyl (C=O) groups excluding carboxylic acids is 1. The van der Waals surface area contributed by atoms with Crippen molar-refractivity contribution in [3.63, 3.8) is 0 Å². The summed E-state index contributed by atoms with van der Waals surface area (Å²) in [5, 5.41) is 3.04. The van der Waals surface area contributed by atoms with E-state index in [1.54, 1.807) is 26.2 Å². The van der Waals surface area contributed by atoms with E-state index in [9.17, 15) is 14.4 Å². The van der Waals surface area contributed by atoms with Gasteiger partial charge in [0, 0.05) is 32.7 Å². The number of rotatable bonds is 3. The van der Waals surface area contributed by atoms with Crippen LogP contribution < -0.4 is 21.3 Å². The third kappa shape index (κ3) is 3.51. The SMILES string of the molecule is Cc1cccc(C(=O)Nc2cc3c(cc2N2CCCCC2)n(C)c(=O)c(=O)n3C)c1. The van der Waals surface area contributed by atoms with Gasteiger partial charge in [-0.05, 0) is 50.5 Å². The van der Waals surface area contributed by atoms with Crippen LogP contribution in [0, 0.1) is 6.92 Å². The predicted octanol–water partition coefficient (Wildman–Crippen LogP) is 2.79. The Morgan fingerprint density at radius 2 is 1.53 bits per heavy atom. The zero-order chi connectivity index (χ0) is 21.4. The lowest BCUT2D eigenvalue weighted by Gasteiger charge is -2.31. The molecule has 2 aromatic carbocycles. The lowest BCUT2D eigenvalue weighted by molar-refractivity contribution is 0.102. The van der Waals surface area contributed by atoms with Gasteiger partial charge in [0.25, 0.3) is 5.91 Å². The van der Waals surface area contributed by atoms with Crippen molar-refractivity contribution in [2.75, 3.05) is 23.3 Å². The van der Waals surface area contributed by atoms with E-state index in [1.807, 2.05) is 31.2 Å². The molecule has 3 aromatic rings. The first kappa shape index (κ1) is 19.9. The van der Waals surface area contributed by atoms with Gasteiger partial charge < -0.3 is 19.4 Å². The number of anilines is 2. The van der Waals surface area contributed by atoms with Gasteiger partial charge in [-0.1, -0.05) is 17.7 Å². The van der Waals surface area contributed by atoms with Crippen molar-refractivity contribution < 1.29 is 4.79 Å². The lowest BCUT2D eigenvalue weighted by Crippen LogP contribution is -2.39. The number of aromatic nitrogens is 2. The van der Waals surface area contributed by atoms with Gasteiger partial charge in [0.2, 0.25) is 0 Å². The molecule has 1 aromatic heterocycles. The fourth-order valence-corrected chi connectivity index (χ4v) is 4.09. The van der Waals surface area contributed by atoms with E-state index in [0.717, 1.165) is 37.2 Å². The van der Waals surface area contributed by atoms with Crippen molar-refractivity contribution in [2.24, 2.45) is 14.1 Å². The summed E-state index contributed by atoms with van der Waals surface area (Å²) >= 11 is 0. The summed E-state index contributed by atoms with van der Waals surface area (Å²) in [6.45, 7) is 3.72. The highest BCUT2D eigenvalue weighted by Crippen LogP contribution is 2.32. The number of hydrogen-bond acceptors (Lipinski definition) is 4. The van der Waals surface area contributed by atoms with Crippen molar-refractivity contribution in [3.8, 4) is 0 Å². The maximum atomic E-state index is 13.0.